The molecule has 0 atom stereocenters. The molecular formula is C12H13BrFNO3S. The highest BCUT2D eigenvalue weighted by molar-refractivity contribution is 9.10. The van der Waals surface area contributed by atoms with E-state index in [1.165, 1.54) is 12.1 Å². The standard InChI is InChI=1S/C12H13BrFNO3S/c13-10-8(12(16)17)1-2-9(11(10)14)15-7-3-5-19(18)6-4-7/h1-2,7,15H,3-6H2,(H,16,17). The number of carboxylic acid groups (broad SMARTS) is 1. The van der Waals surface area contributed by atoms with Gasteiger partial charge in [0.2, 0.25) is 0 Å². The maximum atomic E-state index is 14.0. The lowest BCUT2D eigenvalue weighted by Gasteiger charge is -2.24. The van der Waals surface area contributed by atoms with E-state index in [0.717, 1.165) is 12.8 Å². The van der Waals surface area contributed by atoms with Gasteiger partial charge in [-0.1, -0.05) is 0 Å². The van der Waals surface area contributed by atoms with Crippen LogP contribution in [0.25, 0.3) is 0 Å². The number of nitrogens with one attached hydrogen (secondary N) is 1. The van der Waals surface area contributed by atoms with E-state index < -0.39 is 22.6 Å². The Balaban J connectivity index is 2.15. The van der Waals surface area contributed by atoms with Crippen LogP contribution in [0, 0.1) is 5.82 Å². The van der Waals surface area contributed by atoms with Crippen LogP contribution in [-0.2, 0) is 10.8 Å². The Labute approximate surface area is 121 Å². The number of hydrogen-bond donors (Lipinski definition) is 2. The van der Waals surface area contributed by atoms with E-state index in [1.54, 1.807) is 0 Å². The minimum Gasteiger partial charge on any atom is -0.478 e. The Bertz CT molecular complexity index is 528. The lowest BCUT2D eigenvalue weighted by atomic mass is 10.1. The molecule has 19 heavy (non-hydrogen) atoms. The summed E-state index contributed by atoms with van der Waals surface area (Å²) in [6, 6.07) is 2.86. The monoisotopic (exact) mass is 349 g/mol. The second-order valence-corrected chi connectivity index (χ2v) is 6.85. The van der Waals surface area contributed by atoms with Gasteiger partial charge in [0, 0.05) is 28.3 Å². The van der Waals surface area contributed by atoms with Crippen molar-refractivity contribution in [1.82, 2.24) is 0 Å². The zero-order valence-electron chi connectivity index (χ0n) is 9.99. The zero-order valence-corrected chi connectivity index (χ0v) is 12.4. The Morgan fingerprint density at radius 1 is 1.42 bits per heavy atom. The normalized spacial score (nSPS) is 23.1. The van der Waals surface area contributed by atoms with E-state index in [0.29, 0.717) is 11.5 Å². The largest absolute Gasteiger partial charge is 0.478 e. The van der Waals surface area contributed by atoms with Crippen LogP contribution in [0.3, 0.4) is 0 Å². The van der Waals surface area contributed by atoms with Crippen molar-refractivity contribution in [2.24, 2.45) is 0 Å². The van der Waals surface area contributed by atoms with Gasteiger partial charge in [-0.15, -0.1) is 0 Å². The Kier molecular flexibility index (Phi) is 4.57. The third-order valence-electron chi connectivity index (χ3n) is 3.06. The van der Waals surface area contributed by atoms with Gasteiger partial charge in [0.05, 0.1) is 15.7 Å². The fraction of sp³-hybridized carbons (Fsp3) is 0.417. The first-order chi connectivity index (χ1) is 8.99. The first-order valence-electron chi connectivity index (χ1n) is 5.82. The highest BCUT2D eigenvalue weighted by Crippen LogP contribution is 2.28. The van der Waals surface area contributed by atoms with E-state index in [1.807, 2.05) is 0 Å². The molecule has 1 heterocycles. The SMILES string of the molecule is O=C(O)c1ccc(NC2CCS(=O)CC2)c(F)c1Br. The van der Waals surface area contributed by atoms with Crippen LogP contribution in [-0.4, -0.2) is 32.8 Å². The number of carboxylic acids is 1. The third kappa shape index (κ3) is 3.33. The first kappa shape index (κ1) is 14.5. The number of anilines is 1. The lowest BCUT2D eigenvalue weighted by molar-refractivity contribution is 0.0695. The topological polar surface area (TPSA) is 66.4 Å². The Morgan fingerprint density at radius 3 is 2.63 bits per heavy atom. The van der Waals surface area contributed by atoms with Crippen molar-refractivity contribution in [2.75, 3.05) is 16.8 Å². The lowest BCUT2D eigenvalue weighted by Crippen LogP contribution is -2.29. The summed E-state index contributed by atoms with van der Waals surface area (Å²) in [6.07, 6.45) is 1.45. The average molecular weight is 350 g/mol. The molecule has 1 aliphatic rings. The van der Waals surface area contributed by atoms with E-state index in [2.05, 4.69) is 21.2 Å². The minimum absolute atomic E-state index is 0.0515. The summed E-state index contributed by atoms with van der Waals surface area (Å²) in [6.45, 7) is 0. The number of rotatable bonds is 3. The van der Waals surface area contributed by atoms with Crippen LogP contribution in [0.15, 0.2) is 16.6 Å². The van der Waals surface area contributed by atoms with Crippen molar-refractivity contribution < 1.29 is 18.5 Å². The maximum Gasteiger partial charge on any atom is 0.336 e. The van der Waals surface area contributed by atoms with Crippen molar-refractivity contribution in [2.45, 2.75) is 18.9 Å². The summed E-state index contributed by atoms with van der Waals surface area (Å²) in [7, 11) is -0.759. The average Bonchev–Trinajstić information content (AvgIpc) is 2.37. The molecule has 0 radical (unpaired) electrons. The van der Waals surface area contributed by atoms with Gasteiger partial charge < -0.3 is 10.4 Å². The number of aromatic carboxylic acids is 1. The van der Waals surface area contributed by atoms with Crippen molar-refractivity contribution in [3.8, 4) is 0 Å². The van der Waals surface area contributed by atoms with Gasteiger partial charge in [0.15, 0.2) is 5.82 Å². The molecule has 0 aliphatic carbocycles. The first-order valence-corrected chi connectivity index (χ1v) is 8.10. The number of hydrogen-bond acceptors (Lipinski definition) is 3. The molecule has 0 bridgehead atoms. The van der Waals surface area contributed by atoms with E-state index in [9.17, 15) is 13.4 Å². The molecule has 0 aromatic heterocycles. The molecule has 1 aromatic rings. The molecule has 2 N–H and O–H groups in total. The third-order valence-corrected chi connectivity index (χ3v) is 5.22. The molecule has 1 aromatic carbocycles. The molecule has 104 valence electrons. The number of benzene rings is 1. The summed E-state index contributed by atoms with van der Waals surface area (Å²) >= 11 is 2.96. The zero-order chi connectivity index (χ0) is 14.0. The van der Waals surface area contributed by atoms with E-state index >= 15 is 0 Å². The Morgan fingerprint density at radius 2 is 2.05 bits per heavy atom. The summed E-state index contributed by atoms with van der Waals surface area (Å²) in [5.74, 6) is -0.543. The van der Waals surface area contributed by atoms with E-state index in [-0.39, 0.29) is 21.8 Å². The van der Waals surface area contributed by atoms with Crippen molar-refractivity contribution in [3.05, 3.63) is 28.0 Å². The number of carbonyl (C=O) groups is 1. The molecule has 0 saturated carbocycles. The molecule has 2 rings (SSSR count). The predicted molar refractivity (Wildman–Crippen MR) is 75.6 cm³/mol. The van der Waals surface area contributed by atoms with Gasteiger partial charge in [-0.3, -0.25) is 4.21 Å². The van der Waals surface area contributed by atoms with Gasteiger partial charge in [0.25, 0.3) is 0 Å². The van der Waals surface area contributed by atoms with Crippen LogP contribution >= 0.6 is 15.9 Å². The predicted octanol–water partition coefficient (Wildman–Crippen LogP) is 2.61. The highest BCUT2D eigenvalue weighted by atomic mass is 79.9. The summed E-state index contributed by atoms with van der Waals surface area (Å²) in [5.41, 5.74) is 0.169. The summed E-state index contributed by atoms with van der Waals surface area (Å²) in [5, 5.41) is 11.9. The summed E-state index contributed by atoms with van der Waals surface area (Å²) in [4.78, 5) is 10.9. The van der Waals surface area contributed by atoms with Crippen LogP contribution in [0.2, 0.25) is 0 Å². The molecule has 1 fully saturated rings. The van der Waals surface area contributed by atoms with Crippen molar-refractivity contribution >= 4 is 38.4 Å². The Hall–Kier alpha value is -0.950. The molecule has 0 spiro atoms. The molecule has 0 unspecified atom stereocenters. The van der Waals surface area contributed by atoms with Crippen LogP contribution < -0.4 is 5.32 Å². The highest BCUT2D eigenvalue weighted by Gasteiger charge is 2.21. The maximum absolute atomic E-state index is 14.0. The van der Waals surface area contributed by atoms with Crippen LogP contribution in [0.4, 0.5) is 10.1 Å². The smallest absolute Gasteiger partial charge is 0.336 e. The van der Waals surface area contributed by atoms with Gasteiger partial charge in [-0.05, 0) is 40.9 Å². The van der Waals surface area contributed by atoms with E-state index in [4.69, 9.17) is 5.11 Å². The van der Waals surface area contributed by atoms with Gasteiger partial charge >= 0.3 is 5.97 Å². The van der Waals surface area contributed by atoms with Crippen LogP contribution in [0.5, 0.6) is 0 Å². The van der Waals surface area contributed by atoms with Crippen molar-refractivity contribution in [3.63, 3.8) is 0 Å². The van der Waals surface area contributed by atoms with Gasteiger partial charge in [-0.25, -0.2) is 9.18 Å². The second-order valence-electron chi connectivity index (χ2n) is 4.36. The molecule has 4 nitrogen and oxygen atoms in total. The van der Waals surface area contributed by atoms with Crippen LogP contribution in [0.1, 0.15) is 23.2 Å². The quantitative estimate of drug-likeness (QED) is 0.880. The fourth-order valence-corrected chi connectivity index (χ4v) is 3.80. The summed E-state index contributed by atoms with van der Waals surface area (Å²) < 4.78 is 25.2. The second kappa shape index (κ2) is 6.00. The van der Waals surface area contributed by atoms with Gasteiger partial charge in [-0.2, -0.15) is 0 Å². The molecule has 1 aliphatic heterocycles. The van der Waals surface area contributed by atoms with Gasteiger partial charge in [0.1, 0.15) is 0 Å². The minimum atomic E-state index is -1.18. The molecule has 7 heteroatoms. The number of halogens is 2. The molecular weight excluding hydrogens is 337 g/mol. The van der Waals surface area contributed by atoms with Crippen molar-refractivity contribution in [1.29, 1.82) is 0 Å². The fourth-order valence-electron chi connectivity index (χ4n) is 1.98. The molecule has 1 saturated heterocycles. The molecule has 0 amide bonds.